The molecule has 0 aromatic heterocycles. The second kappa shape index (κ2) is 4.13. The van der Waals surface area contributed by atoms with Gasteiger partial charge in [-0.3, -0.25) is 0 Å². The summed E-state index contributed by atoms with van der Waals surface area (Å²) in [6.45, 7) is 6.44. The van der Waals surface area contributed by atoms with Crippen LogP contribution in [0, 0.1) is 0 Å². The molecule has 52 valence electrons. The van der Waals surface area contributed by atoms with E-state index in [1.165, 1.54) is 6.92 Å². The highest BCUT2D eigenvalue weighted by atomic mass is 19.1. The van der Waals surface area contributed by atoms with Crippen molar-refractivity contribution in [2.75, 3.05) is 0 Å². The number of allylic oxidation sites excluding steroid dienone is 3. The summed E-state index contributed by atoms with van der Waals surface area (Å²) in [6, 6.07) is 0. The summed E-state index contributed by atoms with van der Waals surface area (Å²) >= 11 is 0. The van der Waals surface area contributed by atoms with Crippen LogP contribution in [-0.2, 0) is 4.74 Å². The minimum atomic E-state index is -1.24. The van der Waals surface area contributed by atoms with Crippen LogP contribution in [0.25, 0.3) is 0 Å². The van der Waals surface area contributed by atoms with E-state index in [1.54, 1.807) is 19.1 Å². The zero-order chi connectivity index (χ0) is 7.28. The molecule has 1 unspecified atom stereocenters. The Labute approximate surface area is 54.8 Å². The molecule has 0 bridgehead atoms. The van der Waals surface area contributed by atoms with E-state index < -0.39 is 6.36 Å². The third-order valence-corrected chi connectivity index (χ3v) is 0.701. The van der Waals surface area contributed by atoms with Crippen molar-refractivity contribution in [2.24, 2.45) is 0 Å². The van der Waals surface area contributed by atoms with Crippen LogP contribution in [0.3, 0.4) is 0 Å². The summed E-state index contributed by atoms with van der Waals surface area (Å²) in [4.78, 5) is 0. The van der Waals surface area contributed by atoms with E-state index in [0.717, 1.165) is 0 Å². The van der Waals surface area contributed by atoms with Crippen molar-refractivity contribution in [3.8, 4) is 0 Å². The molecule has 0 aromatic carbocycles. The Bertz CT molecular complexity index is 116. The molecule has 1 nitrogen and oxygen atoms in total. The Kier molecular flexibility index (Phi) is 3.76. The first kappa shape index (κ1) is 8.21. The molecule has 0 aliphatic rings. The average molecular weight is 130 g/mol. The van der Waals surface area contributed by atoms with Crippen molar-refractivity contribution in [3.63, 3.8) is 0 Å². The maximum atomic E-state index is 12.0. The Morgan fingerprint density at radius 1 is 1.78 bits per heavy atom. The molecule has 1 atom stereocenters. The van der Waals surface area contributed by atoms with Crippen molar-refractivity contribution in [1.29, 1.82) is 0 Å². The summed E-state index contributed by atoms with van der Waals surface area (Å²) in [6.07, 6.45) is 1.93. The van der Waals surface area contributed by atoms with Crippen LogP contribution in [0.5, 0.6) is 0 Å². The predicted molar refractivity (Wildman–Crippen MR) is 35.6 cm³/mol. The number of alkyl halides is 1. The maximum absolute atomic E-state index is 12.0. The van der Waals surface area contributed by atoms with Gasteiger partial charge in [-0.05, 0) is 13.0 Å². The van der Waals surface area contributed by atoms with E-state index in [0.29, 0.717) is 5.76 Å². The van der Waals surface area contributed by atoms with E-state index >= 15 is 0 Å². The normalized spacial score (nSPS) is 14.8. The molecule has 0 saturated carbocycles. The van der Waals surface area contributed by atoms with Gasteiger partial charge in [-0.2, -0.15) is 0 Å². The smallest absolute Gasteiger partial charge is 0.235 e. The molecule has 0 saturated heterocycles. The zero-order valence-electron chi connectivity index (χ0n) is 5.73. The molecule has 0 heterocycles. The first-order valence-electron chi connectivity index (χ1n) is 2.77. The lowest BCUT2D eigenvalue weighted by Gasteiger charge is -2.04. The summed E-state index contributed by atoms with van der Waals surface area (Å²) in [5.41, 5.74) is 0. The van der Waals surface area contributed by atoms with Crippen molar-refractivity contribution in [1.82, 2.24) is 0 Å². The van der Waals surface area contributed by atoms with Crippen LogP contribution in [0.2, 0.25) is 0 Å². The molecule has 0 amide bonds. The standard InChI is InChI=1S/C7H11FO/c1-4-5-6(2)9-7(3)8/h4-5,7H,1H2,2-3H3/b6-5+. The highest BCUT2D eigenvalue weighted by Gasteiger charge is 1.95. The van der Waals surface area contributed by atoms with Gasteiger partial charge in [0.2, 0.25) is 6.36 Å². The molecule has 9 heavy (non-hydrogen) atoms. The van der Waals surface area contributed by atoms with Crippen LogP contribution in [-0.4, -0.2) is 6.36 Å². The van der Waals surface area contributed by atoms with Crippen LogP contribution >= 0.6 is 0 Å². The molecular formula is C7H11FO. The number of rotatable bonds is 3. The topological polar surface area (TPSA) is 9.23 Å². The lowest BCUT2D eigenvalue weighted by molar-refractivity contribution is 0.0232. The van der Waals surface area contributed by atoms with Crippen molar-refractivity contribution in [2.45, 2.75) is 20.2 Å². The largest absolute Gasteiger partial charge is 0.465 e. The van der Waals surface area contributed by atoms with E-state index in [1.807, 2.05) is 0 Å². The van der Waals surface area contributed by atoms with Crippen LogP contribution < -0.4 is 0 Å². The molecule has 0 spiro atoms. The SMILES string of the molecule is C=C/C=C(\C)OC(C)F. The molecular weight excluding hydrogens is 119 g/mol. The lowest BCUT2D eigenvalue weighted by atomic mass is 10.5. The van der Waals surface area contributed by atoms with Gasteiger partial charge in [0.1, 0.15) is 0 Å². The second-order valence-corrected chi connectivity index (χ2v) is 1.67. The van der Waals surface area contributed by atoms with Crippen LogP contribution in [0.1, 0.15) is 13.8 Å². The van der Waals surface area contributed by atoms with E-state index in [9.17, 15) is 4.39 Å². The summed E-state index contributed by atoms with van der Waals surface area (Å²) in [7, 11) is 0. The highest BCUT2D eigenvalue weighted by molar-refractivity contribution is 5.01. The number of hydrogen-bond donors (Lipinski definition) is 0. The van der Waals surface area contributed by atoms with Gasteiger partial charge in [-0.15, -0.1) is 0 Å². The third-order valence-electron chi connectivity index (χ3n) is 0.701. The monoisotopic (exact) mass is 130 g/mol. The summed E-state index contributed by atoms with van der Waals surface area (Å²) in [5.74, 6) is 0.542. The van der Waals surface area contributed by atoms with E-state index in [-0.39, 0.29) is 0 Å². The Morgan fingerprint density at radius 2 is 2.33 bits per heavy atom. The summed E-state index contributed by atoms with van der Waals surface area (Å²) in [5, 5.41) is 0. The van der Waals surface area contributed by atoms with Gasteiger partial charge in [0.05, 0.1) is 5.76 Å². The molecule has 0 radical (unpaired) electrons. The van der Waals surface area contributed by atoms with Gasteiger partial charge < -0.3 is 4.74 Å². The first-order valence-corrected chi connectivity index (χ1v) is 2.77. The molecule has 0 rings (SSSR count). The first-order chi connectivity index (χ1) is 4.16. The Hall–Kier alpha value is -0.790. The van der Waals surface area contributed by atoms with Crippen LogP contribution in [0.15, 0.2) is 24.5 Å². The van der Waals surface area contributed by atoms with Crippen molar-refractivity contribution < 1.29 is 9.13 Å². The van der Waals surface area contributed by atoms with Crippen molar-refractivity contribution >= 4 is 0 Å². The fourth-order valence-electron chi connectivity index (χ4n) is 0.461. The molecule has 0 aliphatic carbocycles. The summed E-state index contributed by atoms with van der Waals surface area (Å²) < 4.78 is 16.6. The fraction of sp³-hybridized carbons (Fsp3) is 0.429. The van der Waals surface area contributed by atoms with Gasteiger partial charge in [0.15, 0.2) is 0 Å². The predicted octanol–water partition coefficient (Wildman–Crippen LogP) is 2.41. The zero-order valence-corrected chi connectivity index (χ0v) is 5.73. The maximum Gasteiger partial charge on any atom is 0.235 e. The fourth-order valence-corrected chi connectivity index (χ4v) is 0.461. The van der Waals surface area contributed by atoms with E-state index in [4.69, 9.17) is 0 Å². The lowest BCUT2D eigenvalue weighted by Crippen LogP contribution is -1.97. The second-order valence-electron chi connectivity index (χ2n) is 1.67. The molecule has 2 heteroatoms. The van der Waals surface area contributed by atoms with Gasteiger partial charge in [-0.25, -0.2) is 4.39 Å². The molecule has 0 fully saturated rings. The van der Waals surface area contributed by atoms with Gasteiger partial charge >= 0.3 is 0 Å². The van der Waals surface area contributed by atoms with Crippen LogP contribution in [0.4, 0.5) is 4.39 Å². The highest BCUT2D eigenvalue weighted by Crippen LogP contribution is 2.01. The molecule has 0 aromatic rings. The van der Waals surface area contributed by atoms with Crippen molar-refractivity contribution in [3.05, 3.63) is 24.5 Å². The number of halogens is 1. The molecule has 0 aliphatic heterocycles. The number of ether oxygens (including phenoxy) is 1. The van der Waals surface area contributed by atoms with Gasteiger partial charge in [0, 0.05) is 6.92 Å². The quantitative estimate of drug-likeness (QED) is 0.421. The minimum absolute atomic E-state index is 0.542. The average Bonchev–Trinajstić information content (AvgIpc) is 1.63. The third kappa shape index (κ3) is 5.07. The Balaban J connectivity index is 3.61. The van der Waals surface area contributed by atoms with E-state index in [2.05, 4.69) is 11.3 Å². The Morgan fingerprint density at radius 3 is 2.67 bits per heavy atom. The van der Waals surface area contributed by atoms with Gasteiger partial charge in [-0.1, -0.05) is 12.7 Å². The molecule has 0 N–H and O–H groups in total. The van der Waals surface area contributed by atoms with Gasteiger partial charge in [0.25, 0.3) is 0 Å². The number of hydrogen-bond acceptors (Lipinski definition) is 1. The minimum Gasteiger partial charge on any atom is -0.465 e.